The van der Waals surface area contributed by atoms with Gasteiger partial charge >= 0.3 is 5.97 Å². The van der Waals surface area contributed by atoms with Gasteiger partial charge in [-0.15, -0.1) is 0 Å². The number of aliphatic carboxylic acids is 1. The maximum atomic E-state index is 11.2. The Labute approximate surface area is 120 Å². The molecule has 0 bridgehead atoms. The van der Waals surface area contributed by atoms with Crippen LogP contribution in [0.1, 0.15) is 12.0 Å². The first-order valence-electron chi connectivity index (χ1n) is 6.53. The predicted molar refractivity (Wildman–Crippen MR) is 75.5 cm³/mol. The summed E-state index contributed by atoms with van der Waals surface area (Å²) in [5.74, 6) is -1.45. The van der Waals surface area contributed by atoms with E-state index in [1.807, 2.05) is 12.1 Å². The number of hydrogen-bond donors (Lipinski definition) is 5. The number of carboxylic acid groups (broad SMARTS) is 1. The van der Waals surface area contributed by atoms with E-state index in [1.54, 1.807) is 18.3 Å². The van der Waals surface area contributed by atoms with Crippen LogP contribution in [0.2, 0.25) is 0 Å². The van der Waals surface area contributed by atoms with Crippen LogP contribution in [0.15, 0.2) is 36.5 Å². The van der Waals surface area contributed by atoms with E-state index in [2.05, 4.69) is 4.98 Å². The first-order chi connectivity index (χ1) is 9.90. The van der Waals surface area contributed by atoms with Gasteiger partial charge in [0.25, 0.3) is 0 Å². The largest absolute Gasteiger partial charge is 0.479 e. The second-order valence-corrected chi connectivity index (χ2v) is 5.33. The topological polar surface area (TPSA) is 114 Å². The molecule has 2 aromatic rings. The maximum absolute atomic E-state index is 11.2. The molecule has 3 rings (SSSR count). The first kappa shape index (κ1) is 13.8. The zero-order valence-electron chi connectivity index (χ0n) is 11.0. The average Bonchev–Trinajstić information content (AvgIpc) is 2.90. The van der Waals surface area contributed by atoms with Gasteiger partial charge in [0.1, 0.15) is 6.10 Å². The van der Waals surface area contributed by atoms with Gasteiger partial charge < -0.3 is 25.4 Å². The summed E-state index contributed by atoms with van der Waals surface area (Å²) in [5, 5.41) is 40.1. The van der Waals surface area contributed by atoms with Crippen molar-refractivity contribution in [3.63, 3.8) is 0 Å². The maximum Gasteiger partial charge on any atom is 0.339 e. The van der Waals surface area contributed by atoms with Crippen molar-refractivity contribution in [2.24, 2.45) is 0 Å². The molecule has 0 amide bonds. The molecule has 0 saturated carbocycles. The zero-order chi connectivity index (χ0) is 15.2. The van der Waals surface area contributed by atoms with E-state index >= 15 is 0 Å². The molecule has 21 heavy (non-hydrogen) atoms. The van der Waals surface area contributed by atoms with Gasteiger partial charge in [-0.1, -0.05) is 12.1 Å². The van der Waals surface area contributed by atoms with Gasteiger partial charge in [-0.05, 0) is 34.7 Å². The number of fused-ring (bicyclic) bond motifs is 1. The van der Waals surface area contributed by atoms with Gasteiger partial charge in [-0.2, -0.15) is 0 Å². The molecule has 0 radical (unpaired) electrons. The lowest BCUT2D eigenvalue weighted by molar-refractivity contribution is -0.157. The minimum absolute atomic E-state index is 0.204. The van der Waals surface area contributed by atoms with Crippen molar-refractivity contribution < 1.29 is 25.2 Å². The van der Waals surface area contributed by atoms with Crippen LogP contribution in [-0.2, 0) is 4.79 Å². The van der Waals surface area contributed by atoms with Crippen molar-refractivity contribution >= 4 is 22.4 Å². The number of aromatic nitrogens is 1. The van der Waals surface area contributed by atoms with E-state index in [0.717, 1.165) is 17.0 Å². The number of benzene rings is 1. The Balaban J connectivity index is 2.12. The molecule has 0 unspecified atom stereocenters. The normalized spacial score (nSPS) is 29.4. The molecule has 1 aliphatic carbocycles. The molecule has 5 N–H and O–H groups in total. The van der Waals surface area contributed by atoms with Crippen LogP contribution in [0, 0.1) is 0 Å². The minimum Gasteiger partial charge on any atom is -0.479 e. The molecule has 0 saturated heterocycles. The number of rotatable bonds is 2. The Bertz CT molecular complexity index is 734. The quantitative estimate of drug-likeness (QED) is 0.552. The summed E-state index contributed by atoms with van der Waals surface area (Å²) in [6.07, 6.45) is -0.153. The molecular formula is C15H15NO5. The number of carbonyl (C=O) groups is 1. The molecule has 110 valence electrons. The van der Waals surface area contributed by atoms with E-state index < -0.39 is 30.2 Å². The van der Waals surface area contributed by atoms with Crippen LogP contribution in [-0.4, -0.2) is 49.2 Å². The van der Waals surface area contributed by atoms with E-state index in [0.29, 0.717) is 5.56 Å². The third-order valence-electron chi connectivity index (χ3n) is 3.86. The van der Waals surface area contributed by atoms with E-state index in [4.69, 9.17) is 5.11 Å². The average molecular weight is 289 g/mol. The molecule has 1 aromatic carbocycles. The fraction of sp³-hybridized carbons (Fsp3) is 0.267. The summed E-state index contributed by atoms with van der Waals surface area (Å²) in [7, 11) is 0. The fourth-order valence-corrected chi connectivity index (χ4v) is 2.67. The van der Waals surface area contributed by atoms with Crippen LogP contribution in [0.4, 0.5) is 0 Å². The Morgan fingerprint density at radius 3 is 2.76 bits per heavy atom. The molecule has 0 spiro atoms. The standard InChI is InChI=1S/C15H15NO5/c17-12-7-15(21,14(19)20)6-10(13(12)18)9-2-1-8-3-4-16-11(8)5-9/h1-6,12-13,16-18,21H,7H2,(H,19,20)/t12-,13-,15+/m1/s1. The highest BCUT2D eigenvalue weighted by molar-refractivity contribution is 5.88. The lowest BCUT2D eigenvalue weighted by Gasteiger charge is -2.33. The summed E-state index contributed by atoms with van der Waals surface area (Å²) in [6.45, 7) is 0. The highest BCUT2D eigenvalue weighted by Gasteiger charge is 2.43. The van der Waals surface area contributed by atoms with Crippen molar-refractivity contribution in [1.29, 1.82) is 0 Å². The Kier molecular flexibility index (Phi) is 3.09. The third kappa shape index (κ3) is 2.23. The minimum atomic E-state index is -2.18. The lowest BCUT2D eigenvalue weighted by Crippen LogP contribution is -2.47. The Morgan fingerprint density at radius 1 is 1.29 bits per heavy atom. The highest BCUT2D eigenvalue weighted by Crippen LogP contribution is 2.34. The smallest absolute Gasteiger partial charge is 0.339 e. The number of aliphatic hydroxyl groups excluding tert-OH is 2. The Hall–Kier alpha value is -2.15. The number of H-pyrrole nitrogens is 1. The molecular weight excluding hydrogens is 274 g/mol. The van der Waals surface area contributed by atoms with Crippen LogP contribution in [0.25, 0.3) is 16.5 Å². The molecule has 1 aromatic heterocycles. The monoisotopic (exact) mass is 289 g/mol. The second kappa shape index (κ2) is 4.70. The van der Waals surface area contributed by atoms with E-state index in [-0.39, 0.29) is 5.57 Å². The number of aliphatic hydroxyl groups is 3. The summed E-state index contributed by atoms with van der Waals surface area (Å²) in [5.41, 5.74) is -0.607. The van der Waals surface area contributed by atoms with Crippen molar-refractivity contribution in [1.82, 2.24) is 4.98 Å². The fourth-order valence-electron chi connectivity index (χ4n) is 2.67. The van der Waals surface area contributed by atoms with Crippen molar-refractivity contribution in [3.05, 3.63) is 42.1 Å². The van der Waals surface area contributed by atoms with Gasteiger partial charge in [0, 0.05) is 18.1 Å². The van der Waals surface area contributed by atoms with Crippen molar-refractivity contribution in [2.75, 3.05) is 0 Å². The molecule has 0 fully saturated rings. The van der Waals surface area contributed by atoms with Gasteiger partial charge in [-0.3, -0.25) is 0 Å². The van der Waals surface area contributed by atoms with Gasteiger partial charge in [0.15, 0.2) is 5.60 Å². The molecule has 1 heterocycles. The SMILES string of the molecule is O=C(O)[C@]1(O)C=C(c2ccc3cc[nH]c3c2)[C@@H](O)[C@H](O)C1. The van der Waals surface area contributed by atoms with Gasteiger partial charge in [-0.25, -0.2) is 4.79 Å². The Morgan fingerprint density at radius 2 is 2.05 bits per heavy atom. The van der Waals surface area contributed by atoms with Gasteiger partial charge in [0.05, 0.1) is 6.10 Å². The molecule has 0 aliphatic heterocycles. The summed E-state index contributed by atoms with van der Waals surface area (Å²) < 4.78 is 0. The second-order valence-electron chi connectivity index (χ2n) is 5.33. The highest BCUT2D eigenvalue weighted by atomic mass is 16.4. The van der Waals surface area contributed by atoms with Crippen LogP contribution in [0.3, 0.4) is 0 Å². The molecule has 6 heteroatoms. The predicted octanol–water partition coefficient (Wildman–Crippen LogP) is 0.492. The van der Waals surface area contributed by atoms with Crippen molar-refractivity contribution in [2.45, 2.75) is 24.2 Å². The zero-order valence-corrected chi connectivity index (χ0v) is 11.0. The van der Waals surface area contributed by atoms with Crippen LogP contribution in [0.5, 0.6) is 0 Å². The molecule has 6 nitrogen and oxygen atoms in total. The van der Waals surface area contributed by atoms with Crippen LogP contribution >= 0.6 is 0 Å². The molecule has 1 aliphatic rings. The summed E-state index contributed by atoms with van der Waals surface area (Å²) in [4.78, 5) is 14.2. The summed E-state index contributed by atoms with van der Waals surface area (Å²) >= 11 is 0. The van der Waals surface area contributed by atoms with Gasteiger partial charge in [0.2, 0.25) is 0 Å². The number of carboxylic acids is 1. The van der Waals surface area contributed by atoms with Crippen LogP contribution < -0.4 is 0 Å². The van der Waals surface area contributed by atoms with E-state index in [1.165, 1.54) is 0 Å². The van der Waals surface area contributed by atoms with Crippen molar-refractivity contribution in [3.8, 4) is 0 Å². The number of nitrogens with one attached hydrogen (secondary N) is 1. The number of aromatic amines is 1. The summed E-state index contributed by atoms with van der Waals surface area (Å²) in [6, 6.07) is 7.15. The van der Waals surface area contributed by atoms with E-state index in [9.17, 15) is 20.1 Å². The number of hydrogen-bond acceptors (Lipinski definition) is 4. The molecule has 3 atom stereocenters. The first-order valence-corrected chi connectivity index (χ1v) is 6.53. The lowest BCUT2D eigenvalue weighted by atomic mass is 9.80. The third-order valence-corrected chi connectivity index (χ3v) is 3.86.